The molecule has 2 aliphatic heterocycles. The van der Waals surface area contributed by atoms with Gasteiger partial charge in [-0.15, -0.1) is 0 Å². The molecule has 0 radical (unpaired) electrons. The van der Waals surface area contributed by atoms with E-state index in [1.54, 1.807) is 53.4 Å². The van der Waals surface area contributed by atoms with E-state index in [-0.39, 0.29) is 22.3 Å². The Labute approximate surface area is 207 Å². The average Bonchev–Trinajstić information content (AvgIpc) is 3.29. The van der Waals surface area contributed by atoms with E-state index in [9.17, 15) is 13.2 Å². The second kappa shape index (κ2) is 8.09. The third-order valence-electron chi connectivity index (χ3n) is 6.36. The summed E-state index contributed by atoms with van der Waals surface area (Å²) in [6.45, 7) is 0. The van der Waals surface area contributed by atoms with Crippen LogP contribution in [-0.2, 0) is 20.2 Å². The van der Waals surface area contributed by atoms with E-state index in [2.05, 4.69) is 5.32 Å². The minimum absolute atomic E-state index is 0.0177. The summed E-state index contributed by atoms with van der Waals surface area (Å²) in [5.41, 5.74) is -0.0659. The highest BCUT2D eigenvalue weighted by atomic mass is 35.5. The largest absolute Gasteiger partial charge is 0.322 e. The lowest BCUT2D eigenvalue weighted by Gasteiger charge is -2.34. The van der Waals surface area contributed by atoms with E-state index in [4.69, 9.17) is 35.4 Å². The topological polar surface area (TPSA) is 66.5 Å². The van der Waals surface area contributed by atoms with Crippen LogP contribution in [-0.4, -0.2) is 29.6 Å². The Hall–Kier alpha value is -2.45. The highest BCUT2D eigenvalue weighted by Crippen LogP contribution is 2.55. The maximum Gasteiger partial charge on any atom is 0.256 e. The molecule has 0 spiro atoms. The molecule has 9 heteroatoms. The molecule has 0 saturated carbocycles. The van der Waals surface area contributed by atoms with Gasteiger partial charge in [0.1, 0.15) is 5.54 Å². The van der Waals surface area contributed by atoms with Gasteiger partial charge in [-0.05, 0) is 47.6 Å². The van der Waals surface area contributed by atoms with Crippen molar-refractivity contribution in [3.63, 3.8) is 0 Å². The zero-order valence-electron chi connectivity index (χ0n) is 17.1. The smallest absolute Gasteiger partial charge is 0.256 e. The third-order valence-corrected chi connectivity index (χ3v) is 9.37. The molecule has 33 heavy (non-hydrogen) atoms. The zero-order chi connectivity index (χ0) is 23.4. The summed E-state index contributed by atoms with van der Waals surface area (Å²) >= 11 is 18.3. The van der Waals surface area contributed by atoms with Crippen molar-refractivity contribution in [1.82, 2.24) is 10.2 Å². The summed E-state index contributed by atoms with van der Waals surface area (Å²) in [5, 5.41) is 2.68. The molecule has 1 unspecified atom stereocenters. The van der Waals surface area contributed by atoms with Crippen molar-refractivity contribution in [3.8, 4) is 0 Å². The van der Waals surface area contributed by atoms with Gasteiger partial charge in [-0.25, -0.2) is 8.42 Å². The van der Waals surface area contributed by atoms with E-state index in [0.29, 0.717) is 21.2 Å². The molecule has 0 aliphatic carbocycles. The van der Waals surface area contributed by atoms with Crippen molar-refractivity contribution in [1.29, 1.82) is 0 Å². The Morgan fingerprint density at radius 2 is 1.61 bits per heavy atom. The lowest BCUT2D eigenvalue weighted by atomic mass is 9.87. The van der Waals surface area contributed by atoms with Crippen LogP contribution >= 0.6 is 35.4 Å². The molecule has 3 aromatic carbocycles. The fourth-order valence-electron chi connectivity index (χ4n) is 4.91. The number of nitrogens with zero attached hydrogens (tertiary/aromatic N) is 1. The Kier molecular flexibility index (Phi) is 5.48. The van der Waals surface area contributed by atoms with Gasteiger partial charge in [0.25, 0.3) is 5.91 Å². The van der Waals surface area contributed by atoms with E-state index < -0.39 is 26.7 Å². The number of rotatable bonds is 4. The number of amides is 1. The number of hydrogen-bond donors (Lipinski definition) is 1. The molecule has 3 aromatic rings. The summed E-state index contributed by atoms with van der Waals surface area (Å²) in [4.78, 5) is 15.3. The van der Waals surface area contributed by atoms with E-state index in [0.717, 1.165) is 0 Å². The van der Waals surface area contributed by atoms with Crippen LogP contribution in [0.4, 0.5) is 0 Å². The van der Waals surface area contributed by atoms with Gasteiger partial charge < -0.3 is 10.2 Å². The molecule has 5 nitrogen and oxygen atoms in total. The Morgan fingerprint density at radius 3 is 2.24 bits per heavy atom. The van der Waals surface area contributed by atoms with Gasteiger partial charge in [-0.1, -0.05) is 77.8 Å². The summed E-state index contributed by atoms with van der Waals surface area (Å²) in [5.74, 6) is -0.348. The molecule has 3 atom stereocenters. The number of fused-ring (bicyclic) bond motifs is 1. The summed E-state index contributed by atoms with van der Waals surface area (Å²) in [7, 11) is -3.87. The lowest BCUT2D eigenvalue weighted by Crippen LogP contribution is -2.42. The fraction of sp³-hybridized carbons (Fsp3) is 0.167. The number of sulfone groups is 1. The van der Waals surface area contributed by atoms with Crippen LogP contribution in [0.2, 0.25) is 10.0 Å². The number of hydrogen-bond acceptors (Lipinski definition) is 4. The first-order valence-electron chi connectivity index (χ1n) is 10.2. The van der Waals surface area contributed by atoms with Gasteiger partial charge in [0.15, 0.2) is 14.9 Å². The number of carbonyl (C=O) groups excluding carboxylic acids is 1. The molecule has 168 valence electrons. The van der Waals surface area contributed by atoms with Crippen LogP contribution in [0.1, 0.15) is 23.6 Å². The maximum absolute atomic E-state index is 13.9. The highest BCUT2D eigenvalue weighted by molar-refractivity contribution is 7.92. The summed E-state index contributed by atoms with van der Waals surface area (Å²) in [6.07, 6.45) is 0.0177. The van der Waals surface area contributed by atoms with Crippen LogP contribution in [0.3, 0.4) is 0 Å². The van der Waals surface area contributed by atoms with Gasteiger partial charge >= 0.3 is 0 Å². The van der Waals surface area contributed by atoms with Gasteiger partial charge in [-0.3, -0.25) is 4.79 Å². The van der Waals surface area contributed by atoms with Crippen LogP contribution in [0, 0.1) is 0 Å². The third kappa shape index (κ3) is 3.37. The first-order valence-corrected chi connectivity index (χ1v) is 12.9. The predicted octanol–water partition coefficient (Wildman–Crippen LogP) is 4.89. The summed E-state index contributed by atoms with van der Waals surface area (Å²) < 4.78 is 27.9. The lowest BCUT2D eigenvalue weighted by molar-refractivity contribution is -0.126. The van der Waals surface area contributed by atoms with Crippen molar-refractivity contribution in [2.75, 3.05) is 0 Å². The molecule has 2 aliphatic rings. The molecule has 0 aromatic heterocycles. The number of carbonyl (C=O) groups is 1. The number of halogens is 2. The second-order valence-electron chi connectivity index (χ2n) is 8.07. The number of nitrogens with one attached hydrogen (secondary N) is 1. The molecule has 1 N–H and O–H groups in total. The minimum Gasteiger partial charge on any atom is -0.322 e. The number of thiocarbonyl (C=S) groups is 1. The minimum atomic E-state index is -3.87. The van der Waals surface area contributed by atoms with Crippen LogP contribution in [0.5, 0.6) is 0 Å². The Morgan fingerprint density at radius 1 is 0.970 bits per heavy atom. The molecular weight excluding hydrogens is 499 g/mol. The van der Waals surface area contributed by atoms with E-state index in [1.165, 1.54) is 0 Å². The standard InChI is InChI=1S/C24H18Cl2N2O3S2/c25-16-11-12-18(19(26)13-16)21-20(33(30,31)17-9-5-2-6-10-17)14-24(15-7-3-1-4-8-15)22(29)27-23(32)28(21)24/h1-13,20-21H,14H2,(H,27,29,32)/t20?,21-,24+/m0/s1. The molecule has 5 rings (SSSR count). The molecule has 0 bridgehead atoms. The SMILES string of the molecule is O=C1NC(=S)N2[C@@H](c3ccc(Cl)cc3Cl)C(S(=O)(=O)c3ccccc3)C[C@@]12c1ccccc1. The van der Waals surface area contributed by atoms with Gasteiger partial charge in [0, 0.05) is 16.5 Å². The molecule has 2 fully saturated rings. The average molecular weight is 517 g/mol. The van der Waals surface area contributed by atoms with Crippen molar-refractivity contribution in [2.45, 2.75) is 28.1 Å². The molecule has 2 saturated heterocycles. The first kappa shape index (κ1) is 22.3. The van der Waals surface area contributed by atoms with Crippen LogP contribution in [0.25, 0.3) is 0 Å². The highest BCUT2D eigenvalue weighted by Gasteiger charge is 2.65. The monoisotopic (exact) mass is 516 g/mol. The van der Waals surface area contributed by atoms with Crippen molar-refractivity contribution in [3.05, 3.63) is 100 Å². The van der Waals surface area contributed by atoms with E-state index >= 15 is 0 Å². The molecule has 2 heterocycles. The van der Waals surface area contributed by atoms with Gasteiger partial charge in [0.05, 0.1) is 16.2 Å². The van der Waals surface area contributed by atoms with Gasteiger partial charge in [0.2, 0.25) is 0 Å². The molecular formula is C24H18Cl2N2O3S2. The second-order valence-corrected chi connectivity index (χ2v) is 11.5. The van der Waals surface area contributed by atoms with E-state index in [1.807, 2.05) is 30.3 Å². The van der Waals surface area contributed by atoms with Gasteiger partial charge in [-0.2, -0.15) is 0 Å². The number of benzene rings is 3. The Balaban J connectivity index is 1.78. The Bertz CT molecular complexity index is 1370. The zero-order valence-corrected chi connectivity index (χ0v) is 20.3. The first-order chi connectivity index (χ1) is 15.8. The predicted molar refractivity (Wildman–Crippen MR) is 132 cm³/mol. The van der Waals surface area contributed by atoms with Crippen LogP contribution in [0.15, 0.2) is 83.8 Å². The normalized spacial score (nSPS) is 24.6. The summed E-state index contributed by atoms with van der Waals surface area (Å²) in [6, 6.07) is 21.5. The van der Waals surface area contributed by atoms with Crippen molar-refractivity contribution < 1.29 is 13.2 Å². The quantitative estimate of drug-likeness (QED) is 0.500. The maximum atomic E-state index is 13.9. The molecule has 1 amide bonds. The van der Waals surface area contributed by atoms with Crippen molar-refractivity contribution >= 4 is 56.3 Å². The van der Waals surface area contributed by atoms with Crippen LogP contribution < -0.4 is 5.32 Å². The fourth-order valence-corrected chi connectivity index (χ4v) is 7.75. The van der Waals surface area contributed by atoms with Crippen molar-refractivity contribution in [2.24, 2.45) is 0 Å².